The monoisotopic (exact) mass is 265 g/mol. The van der Waals surface area contributed by atoms with Gasteiger partial charge in [0.05, 0.1) is 0 Å². The van der Waals surface area contributed by atoms with Crippen LogP contribution in [0.2, 0.25) is 0 Å². The molecule has 2 rings (SSSR count). The van der Waals surface area contributed by atoms with E-state index in [0.29, 0.717) is 17.0 Å². The van der Waals surface area contributed by atoms with E-state index in [4.69, 9.17) is 0 Å². The van der Waals surface area contributed by atoms with Gasteiger partial charge in [0.25, 0.3) is 0 Å². The Morgan fingerprint density at radius 1 is 1.33 bits per heavy atom. The lowest BCUT2D eigenvalue weighted by molar-refractivity contribution is 0.398. The van der Waals surface area contributed by atoms with Gasteiger partial charge in [-0.1, -0.05) is 30.7 Å². The number of hydrogen-bond acceptors (Lipinski definition) is 2. The maximum Gasteiger partial charge on any atom is 0.0491 e. The number of nitrogens with one attached hydrogen (secondary N) is 1. The third-order valence-electron chi connectivity index (χ3n) is 3.97. The quantitative estimate of drug-likeness (QED) is 0.907. The van der Waals surface area contributed by atoms with E-state index in [0.717, 1.165) is 12.8 Å². The van der Waals surface area contributed by atoms with Crippen LogP contribution in [0.15, 0.2) is 24.3 Å². The standard InChI is InChI=1S/C15H23NOS/c1-12-6-3-4-7-13(12)11-18(17)15-9-5-8-14(10-15)16-2/h3-4,6-7,14-16H,5,8-11H2,1-2H3. The normalized spacial score (nSPS) is 25.9. The van der Waals surface area contributed by atoms with Gasteiger partial charge in [0.1, 0.15) is 0 Å². The molecule has 0 aliphatic heterocycles. The zero-order chi connectivity index (χ0) is 13.0. The highest BCUT2D eigenvalue weighted by atomic mass is 32.2. The Kier molecular flexibility index (Phi) is 4.95. The molecule has 1 aromatic rings. The van der Waals surface area contributed by atoms with Crippen molar-refractivity contribution in [3.05, 3.63) is 35.4 Å². The second-order valence-corrected chi connectivity index (χ2v) is 6.94. The lowest BCUT2D eigenvalue weighted by atomic mass is 9.95. The van der Waals surface area contributed by atoms with Gasteiger partial charge < -0.3 is 5.32 Å². The van der Waals surface area contributed by atoms with Crippen LogP contribution >= 0.6 is 0 Å². The van der Waals surface area contributed by atoms with Crippen molar-refractivity contribution in [1.29, 1.82) is 0 Å². The molecular weight excluding hydrogens is 242 g/mol. The van der Waals surface area contributed by atoms with E-state index in [1.165, 1.54) is 24.0 Å². The number of benzene rings is 1. The molecule has 100 valence electrons. The summed E-state index contributed by atoms with van der Waals surface area (Å²) >= 11 is 0. The molecule has 0 bridgehead atoms. The van der Waals surface area contributed by atoms with Gasteiger partial charge in [-0.3, -0.25) is 4.21 Å². The zero-order valence-electron chi connectivity index (χ0n) is 11.3. The Morgan fingerprint density at radius 3 is 2.83 bits per heavy atom. The van der Waals surface area contributed by atoms with Crippen molar-refractivity contribution in [2.45, 2.75) is 49.7 Å². The predicted octanol–water partition coefficient (Wildman–Crippen LogP) is 2.77. The average Bonchev–Trinajstić information content (AvgIpc) is 2.41. The summed E-state index contributed by atoms with van der Waals surface area (Å²) in [5, 5.41) is 3.70. The van der Waals surface area contributed by atoms with Crippen molar-refractivity contribution in [3.63, 3.8) is 0 Å². The first-order valence-electron chi connectivity index (χ1n) is 6.79. The van der Waals surface area contributed by atoms with Gasteiger partial charge >= 0.3 is 0 Å². The third-order valence-corrected chi connectivity index (χ3v) is 5.73. The highest BCUT2D eigenvalue weighted by Crippen LogP contribution is 2.24. The summed E-state index contributed by atoms with van der Waals surface area (Å²) in [5.74, 6) is 0.716. The zero-order valence-corrected chi connectivity index (χ0v) is 12.1. The smallest absolute Gasteiger partial charge is 0.0491 e. The molecule has 1 saturated carbocycles. The fourth-order valence-electron chi connectivity index (χ4n) is 2.69. The minimum atomic E-state index is -0.730. The van der Waals surface area contributed by atoms with Crippen molar-refractivity contribution >= 4 is 10.8 Å². The lowest BCUT2D eigenvalue weighted by Gasteiger charge is -2.28. The molecule has 0 radical (unpaired) electrons. The van der Waals surface area contributed by atoms with Gasteiger partial charge in [-0.2, -0.15) is 0 Å². The molecule has 0 amide bonds. The van der Waals surface area contributed by atoms with E-state index in [9.17, 15) is 4.21 Å². The van der Waals surface area contributed by atoms with Gasteiger partial charge in [-0.25, -0.2) is 0 Å². The van der Waals surface area contributed by atoms with Crippen LogP contribution in [0.25, 0.3) is 0 Å². The molecule has 1 aliphatic rings. The summed E-state index contributed by atoms with van der Waals surface area (Å²) in [6.45, 7) is 2.10. The van der Waals surface area contributed by atoms with Crippen LogP contribution in [0.4, 0.5) is 0 Å². The third kappa shape index (κ3) is 3.42. The molecule has 0 aromatic heterocycles. The molecule has 1 aliphatic carbocycles. The molecule has 1 N–H and O–H groups in total. The SMILES string of the molecule is CNC1CCCC(S(=O)Cc2ccccc2C)C1. The van der Waals surface area contributed by atoms with E-state index in [1.54, 1.807) is 0 Å². The van der Waals surface area contributed by atoms with Gasteiger partial charge in [0.15, 0.2) is 0 Å². The van der Waals surface area contributed by atoms with Crippen LogP contribution in [-0.4, -0.2) is 22.5 Å². The van der Waals surface area contributed by atoms with E-state index in [-0.39, 0.29) is 0 Å². The van der Waals surface area contributed by atoms with Gasteiger partial charge in [0.2, 0.25) is 0 Å². The first-order chi connectivity index (χ1) is 8.70. The summed E-state index contributed by atoms with van der Waals surface area (Å²) in [6.07, 6.45) is 4.62. The van der Waals surface area contributed by atoms with E-state index in [1.807, 2.05) is 19.2 Å². The minimum absolute atomic E-state index is 0.371. The first kappa shape index (κ1) is 13.8. The average molecular weight is 265 g/mol. The molecular formula is C15H23NOS. The Hall–Kier alpha value is -0.670. The molecule has 1 fully saturated rings. The predicted molar refractivity (Wildman–Crippen MR) is 78.1 cm³/mol. The van der Waals surface area contributed by atoms with E-state index in [2.05, 4.69) is 24.4 Å². The molecule has 3 heteroatoms. The van der Waals surface area contributed by atoms with Crippen LogP contribution in [0.3, 0.4) is 0 Å². The number of hydrogen-bond donors (Lipinski definition) is 1. The van der Waals surface area contributed by atoms with Crippen LogP contribution in [0.1, 0.15) is 36.8 Å². The Labute approximate surface area is 113 Å². The van der Waals surface area contributed by atoms with Crippen molar-refractivity contribution in [1.82, 2.24) is 5.32 Å². The maximum atomic E-state index is 12.5. The molecule has 1 aromatic carbocycles. The van der Waals surface area contributed by atoms with Crippen molar-refractivity contribution < 1.29 is 4.21 Å². The van der Waals surface area contributed by atoms with Crippen molar-refractivity contribution in [3.8, 4) is 0 Å². The summed E-state index contributed by atoms with van der Waals surface area (Å²) < 4.78 is 12.5. The van der Waals surface area contributed by atoms with Crippen molar-refractivity contribution in [2.24, 2.45) is 0 Å². The molecule has 3 unspecified atom stereocenters. The van der Waals surface area contributed by atoms with Gasteiger partial charge in [0, 0.05) is 27.8 Å². The second-order valence-electron chi connectivity index (χ2n) is 5.23. The second kappa shape index (κ2) is 6.48. The number of rotatable bonds is 4. The largest absolute Gasteiger partial charge is 0.317 e. The highest BCUT2D eigenvalue weighted by Gasteiger charge is 2.25. The van der Waals surface area contributed by atoms with Gasteiger partial charge in [-0.05, 0) is 44.4 Å². The maximum absolute atomic E-state index is 12.5. The topological polar surface area (TPSA) is 29.1 Å². The van der Waals surface area contributed by atoms with E-state index >= 15 is 0 Å². The van der Waals surface area contributed by atoms with Crippen LogP contribution in [-0.2, 0) is 16.6 Å². The van der Waals surface area contributed by atoms with E-state index < -0.39 is 10.8 Å². The minimum Gasteiger partial charge on any atom is -0.317 e. The molecule has 2 nitrogen and oxygen atoms in total. The summed E-state index contributed by atoms with van der Waals surface area (Å²) in [7, 11) is 1.28. The van der Waals surface area contributed by atoms with Crippen molar-refractivity contribution in [2.75, 3.05) is 7.05 Å². The van der Waals surface area contributed by atoms with Crippen LogP contribution in [0.5, 0.6) is 0 Å². The Morgan fingerprint density at radius 2 is 2.11 bits per heavy atom. The molecule has 0 spiro atoms. The Balaban J connectivity index is 1.97. The first-order valence-corrected chi connectivity index (χ1v) is 8.18. The summed E-state index contributed by atoms with van der Waals surface area (Å²) in [4.78, 5) is 0. The highest BCUT2D eigenvalue weighted by molar-refractivity contribution is 7.84. The number of aryl methyl sites for hydroxylation is 1. The summed E-state index contributed by atoms with van der Waals surface area (Å²) in [6, 6.07) is 8.84. The Bertz CT molecular complexity index is 419. The summed E-state index contributed by atoms with van der Waals surface area (Å²) in [5.41, 5.74) is 2.49. The molecule has 3 atom stereocenters. The fraction of sp³-hybridized carbons (Fsp3) is 0.600. The molecule has 0 heterocycles. The fourth-order valence-corrected chi connectivity index (χ4v) is 4.43. The molecule has 0 saturated heterocycles. The van der Waals surface area contributed by atoms with Crippen LogP contribution in [0, 0.1) is 6.92 Å². The van der Waals surface area contributed by atoms with Crippen LogP contribution < -0.4 is 5.32 Å². The molecule has 18 heavy (non-hydrogen) atoms. The van der Waals surface area contributed by atoms with Gasteiger partial charge in [-0.15, -0.1) is 0 Å². The lowest BCUT2D eigenvalue weighted by Crippen LogP contribution is -2.35.